The van der Waals surface area contributed by atoms with Crippen LogP contribution in [-0.2, 0) is 4.79 Å². The summed E-state index contributed by atoms with van der Waals surface area (Å²) >= 11 is 11.8. The first kappa shape index (κ1) is 20.4. The number of nitrogens with zero attached hydrogens (tertiary/aromatic N) is 3. The summed E-state index contributed by atoms with van der Waals surface area (Å²) in [4.78, 5) is 22.2. The zero-order chi connectivity index (χ0) is 21.3. The zero-order valence-electron chi connectivity index (χ0n) is 15.8. The lowest BCUT2D eigenvalue weighted by Gasteiger charge is -2.31. The molecule has 1 atom stereocenters. The minimum absolute atomic E-state index is 0.137. The average molecular weight is 443 g/mol. The van der Waals surface area contributed by atoms with Gasteiger partial charge in [-0.05, 0) is 48.6 Å². The Morgan fingerprint density at radius 2 is 2.10 bits per heavy atom. The lowest BCUT2D eigenvalue weighted by atomic mass is 9.90. The molecule has 1 N–H and O–H groups in total. The van der Waals surface area contributed by atoms with Crippen LogP contribution in [0.4, 0.5) is 15.9 Å². The number of terminal acetylenes is 1. The van der Waals surface area contributed by atoms with Gasteiger partial charge in [-0.3, -0.25) is 4.79 Å². The summed E-state index contributed by atoms with van der Waals surface area (Å²) in [5.41, 5.74) is 1.92. The van der Waals surface area contributed by atoms with Gasteiger partial charge < -0.3 is 10.2 Å². The summed E-state index contributed by atoms with van der Waals surface area (Å²) in [6.45, 7) is 1.23. The van der Waals surface area contributed by atoms with E-state index < -0.39 is 5.82 Å². The normalized spacial score (nSPS) is 16.3. The third kappa shape index (κ3) is 3.91. The quantitative estimate of drug-likeness (QED) is 0.449. The largest absolute Gasteiger partial charge is 0.337 e. The molecule has 30 heavy (non-hydrogen) atoms. The van der Waals surface area contributed by atoms with Crippen molar-refractivity contribution in [3.05, 3.63) is 58.1 Å². The Labute approximate surface area is 183 Å². The molecule has 1 unspecified atom stereocenters. The molecule has 4 rings (SSSR count). The molecule has 3 aromatic rings. The Bertz CT molecular complexity index is 1180. The van der Waals surface area contributed by atoms with Gasteiger partial charge in [-0.2, -0.15) is 0 Å². The lowest BCUT2D eigenvalue weighted by Crippen LogP contribution is -2.38. The fourth-order valence-electron chi connectivity index (χ4n) is 3.70. The molecule has 5 nitrogen and oxygen atoms in total. The van der Waals surface area contributed by atoms with E-state index in [4.69, 9.17) is 29.6 Å². The SMILES string of the molecule is C#CC(=O)N1CCCC(c2ccc3ncnc(Nc4ccc(Cl)c(Cl)c4F)c3c2)C1. The molecule has 1 amide bonds. The Kier molecular flexibility index (Phi) is 5.76. The molecular weight excluding hydrogens is 426 g/mol. The van der Waals surface area contributed by atoms with Gasteiger partial charge in [0.15, 0.2) is 5.82 Å². The Hall–Kier alpha value is -2.88. The number of halogens is 3. The number of fused-ring (bicyclic) bond motifs is 1. The molecule has 8 heteroatoms. The average Bonchev–Trinajstić information content (AvgIpc) is 2.79. The summed E-state index contributed by atoms with van der Waals surface area (Å²) in [5, 5.41) is 3.71. The molecule has 0 spiro atoms. The van der Waals surface area contributed by atoms with Crippen molar-refractivity contribution in [3.8, 4) is 12.3 Å². The summed E-state index contributed by atoms with van der Waals surface area (Å²) in [5.74, 6) is 1.85. The third-order valence-corrected chi connectivity index (χ3v) is 6.03. The molecule has 1 aliphatic rings. The number of anilines is 2. The van der Waals surface area contributed by atoms with Crippen molar-refractivity contribution in [1.29, 1.82) is 0 Å². The second-order valence-electron chi connectivity index (χ2n) is 7.08. The number of piperidine rings is 1. The van der Waals surface area contributed by atoms with Gasteiger partial charge in [0.05, 0.1) is 21.2 Å². The fraction of sp³-hybridized carbons (Fsp3) is 0.227. The van der Waals surface area contributed by atoms with Crippen LogP contribution >= 0.6 is 23.2 Å². The highest BCUT2D eigenvalue weighted by Gasteiger charge is 2.24. The van der Waals surface area contributed by atoms with Gasteiger partial charge in [-0.25, -0.2) is 14.4 Å². The number of hydrogen-bond acceptors (Lipinski definition) is 4. The van der Waals surface area contributed by atoms with Crippen molar-refractivity contribution in [2.24, 2.45) is 0 Å². The minimum Gasteiger partial charge on any atom is -0.337 e. The summed E-state index contributed by atoms with van der Waals surface area (Å²) < 4.78 is 14.5. The topological polar surface area (TPSA) is 58.1 Å². The standard InChI is InChI=1S/C22H17Cl2FN4O/c1-2-19(30)29-9-3-4-14(11-29)13-5-7-17-15(10-13)22(27-12-26-17)28-18-8-6-16(23)20(24)21(18)25/h1,5-8,10,12,14H,3-4,9,11H2,(H,26,27,28). The highest BCUT2D eigenvalue weighted by Crippen LogP contribution is 2.34. The lowest BCUT2D eigenvalue weighted by molar-refractivity contribution is -0.126. The number of rotatable bonds is 3. The van der Waals surface area contributed by atoms with Crippen LogP contribution in [0.3, 0.4) is 0 Å². The predicted molar refractivity (Wildman–Crippen MR) is 117 cm³/mol. The molecule has 2 aromatic carbocycles. The number of benzene rings is 2. The molecule has 0 radical (unpaired) electrons. The number of aromatic nitrogens is 2. The number of nitrogens with one attached hydrogen (secondary N) is 1. The van der Waals surface area contributed by atoms with Gasteiger partial charge >= 0.3 is 0 Å². The van der Waals surface area contributed by atoms with Crippen LogP contribution in [0.5, 0.6) is 0 Å². The first-order valence-electron chi connectivity index (χ1n) is 9.38. The molecule has 1 aliphatic heterocycles. The van der Waals surface area contributed by atoms with Crippen LogP contribution in [0.15, 0.2) is 36.7 Å². The minimum atomic E-state index is -0.650. The van der Waals surface area contributed by atoms with E-state index in [9.17, 15) is 9.18 Å². The monoisotopic (exact) mass is 442 g/mol. The van der Waals surface area contributed by atoms with Crippen LogP contribution in [0.1, 0.15) is 24.3 Å². The maximum Gasteiger partial charge on any atom is 0.298 e. The van der Waals surface area contributed by atoms with E-state index in [1.807, 2.05) is 18.2 Å². The van der Waals surface area contributed by atoms with Crippen molar-refractivity contribution in [2.45, 2.75) is 18.8 Å². The van der Waals surface area contributed by atoms with Crippen molar-refractivity contribution >= 4 is 51.5 Å². The van der Waals surface area contributed by atoms with Crippen LogP contribution < -0.4 is 5.32 Å². The van der Waals surface area contributed by atoms with Crippen LogP contribution in [0.2, 0.25) is 10.0 Å². The number of hydrogen-bond donors (Lipinski definition) is 1. The predicted octanol–water partition coefficient (Wildman–Crippen LogP) is 5.16. The van der Waals surface area contributed by atoms with E-state index in [1.54, 1.807) is 4.90 Å². The van der Waals surface area contributed by atoms with Gasteiger partial charge in [-0.1, -0.05) is 29.3 Å². The summed E-state index contributed by atoms with van der Waals surface area (Å²) in [6, 6.07) is 8.88. The van der Waals surface area contributed by atoms with Crippen LogP contribution in [0, 0.1) is 18.2 Å². The smallest absolute Gasteiger partial charge is 0.298 e. The van der Waals surface area contributed by atoms with Crippen molar-refractivity contribution in [1.82, 2.24) is 14.9 Å². The number of carbonyl (C=O) groups excluding carboxylic acids is 1. The molecule has 1 saturated heterocycles. The Morgan fingerprint density at radius 3 is 2.90 bits per heavy atom. The second-order valence-corrected chi connectivity index (χ2v) is 7.87. The molecule has 0 aliphatic carbocycles. The van der Waals surface area contributed by atoms with Gasteiger partial charge in [0, 0.05) is 24.4 Å². The number of amides is 1. The number of likely N-dealkylation sites (tertiary alicyclic amines) is 1. The maximum atomic E-state index is 14.5. The van der Waals surface area contributed by atoms with Crippen molar-refractivity contribution < 1.29 is 9.18 Å². The summed E-state index contributed by atoms with van der Waals surface area (Å²) in [7, 11) is 0. The second kappa shape index (κ2) is 8.47. The Morgan fingerprint density at radius 1 is 1.27 bits per heavy atom. The molecule has 152 valence electrons. The van der Waals surface area contributed by atoms with Crippen LogP contribution in [0.25, 0.3) is 10.9 Å². The van der Waals surface area contributed by atoms with Crippen molar-refractivity contribution in [2.75, 3.05) is 18.4 Å². The molecule has 0 saturated carbocycles. The highest BCUT2D eigenvalue weighted by molar-refractivity contribution is 6.42. The molecule has 1 aromatic heterocycles. The first-order valence-corrected chi connectivity index (χ1v) is 10.1. The van der Waals surface area contributed by atoms with Crippen molar-refractivity contribution in [3.63, 3.8) is 0 Å². The fourth-order valence-corrected chi connectivity index (χ4v) is 4.01. The van der Waals surface area contributed by atoms with Gasteiger partial charge in [0.25, 0.3) is 5.91 Å². The van der Waals surface area contributed by atoms with E-state index in [-0.39, 0.29) is 27.6 Å². The first-order chi connectivity index (χ1) is 14.5. The van der Waals surface area contributed by atoms with Crippen LogP contribution in [-0.4, -0.2) is 33.9 Å². The molecule has 1 fully saturated rings. The molecular formula is C22H17Cl2FN4O. The van der Waals surface area contributed by atoms with E-state index >= 15 is 0 Å². The highest BCUT2D eigenvalue weighted by atomic mass is 35.5. The Balaban J connectivity index is 1.69. The van der Waals surface area contributed by atoms with Gasteiger partial charge in [-0.15, -0.1) is 6.42 Å². The zero-order valence-corrected chi connectivity index (χ0v) is 17.3. The summed E-state index contributed by atoms with van der Waals surface area (Å²) in [6.07, 6.45) is 8.50. The van der Waals surface area contributed by atoms with Gasteiger partial charge in [0.2, 0.25) is 0 Å². The van der Waals surface area contributed by atoms with Gasteiger partial charge in [0.1, 0.15) is 12.1 Å². The molecule has 2 heterocycles. The number of carbonyl (C=O) groups is 1. The van der Waals surface area contributed by atoms with E-state index in [0.29, 0.717) is 24.4 Å². The maximum absolute atomic E-state index is 14.5. The van der Waals surface area contributed by atoms with E-state index in [1.165, 1.54) is 18.5 Å². The third-order valence-electron chi connectivity index (χ3n) is 5.25. The molecule has 0 bridgehead atoms. The van der Waals surface area contributed by atoms with E-state index in [2.05, 4.69) is 21.2 Å². The van der Waals surface area contributed by atoms with E-state index in [0.717, 1.165) is 23.8 Å².